The second-order valence-electron chi connectivity index (χ2n) is 5.93. The summed E-state index contributed by atoms with van der Waals surface area (Å²) in [4.78, 5) is 1.36. The number of hydrogen-bond donors (Lipinski definition) is 0. The van der Waals surface area contributed by atoms with E-state index in [1.165, 1.54) is 16.0 Å². The van der Waals surface area contributed by atoms with Crippen molar-refractivity contribution in [3.8, 4) is 0 Å². The second kappa shape index (κ2) is 6.15. The monoisotopic (exact) mass is 276 g/mol. The lowest BCUT2D eigenvalue weighted by molar-refractivity contribution is 0.320. The van der Waals surface area contributed by atoms with Gasteiger partial charge in [-0.25, -0.2) is 0 Å². The fraction of sp³-hybridized carbons (Fsp3) is 0.529. The van der Waals surface area contributed by atoms with Gasteiger partial charge in [-0.3, -0.25) is 0 Å². The Labute approximate surface area is 121 Å². The van der Waals surface area contributed by atoms with E-state index in [2.05, 4.69) is 58.0 Å². The van der Waals surface area contributed by atoms with Crippen molar-refractivity contribution in [2.45, 2.75) is 57.1 Å². The number of aryl methyl sites for hydroxylation is 1. The SMILES string of the molecule is C/C(=C\CSc1cccc(C)c1)CCC1OC1(C)C. The molecular weight excluding hydrogens is 252 g/mol. The molecular formula is C17H24OS. The molecule has 0 radical (unpaired) electrons. The summed E-state index contributed by atoms with van der Waals surface area (Å²) in [6.07, 6.45) is 5.13. The summed E-state index contributed by atoms with van der Waals surface area (Å²) in [5, 5.41) is 0. The molecule has 1 aromatic carbocycles. The standard InChI is InChI=1S/C17H24OS/c1-13(8-9-16-17(3,4)18-16)10-11-19-15-7-5-6-14(2)12-15/h5-7,10,12,16H,8-9,11H2,1-4H3/b13-10+. The zero-order valence-corrected chi connectivity index (χ0v) is 13.2. The van der Waals surface area contributed by atoms with Gasteiger partial charge in [0.2, 0.25) is 0 Å². The Bertz CT molecular complexity index is 462. The molecule has 0 spiro atoms. The van der Waals surface area contributed by atoms with Crippen LogP contribution in [0.4, 0.5) is 0 Å². The van der Waals surface area contributed by atoms with Gasteiger partial charge >= 0.3 is 0 Å². The van der Waals surface area contributed by atoms with Crippen molar-refractivity contribution in [2.75, 3.05) is 5.75 Å². The van der Waals surface area contributed by atoms with Crippen LogP contribution in [-0.4, -0.2) is 17.5 Å². The van der Waals surface area contributed by atoms with E-state index >= 15 is 0 Å². The Morgan fingerprint density at radius 3 is 2.79 bits per heavy atom. The summed E-state index contributed by atoms with van der Waals surface area (Å²) in [5.41, 5.74) is 2.95. The first-order chi connectivity index (χ1) is 8.97. The van der Waals surface area contributed by atoms with E-state index in [0.717, 1.165) is 18.6 Å². The molecule has 1 fully saturated rings. The van der Waals surface area contributed by atoms with Crippen LogP contribution in [-0.2, 0) is 4.74 Å². The Balaban J connectivity index is 1.70. The number of benzene rings is 1. The lowest BCUT2D eigenvalue weighted by Gasteiger charge is -2.02. The minimum atomic E-state index is 0.136. The van der Waals surface area contributed by atoms with E-state index in [0.29, 0.717) is 6.10 Å². The van der Waals surface area contributed by atoms with Gasteiger partial charge in [0.25, 0.3) is 0 Å². The van der Waals surface area contributed by atoms with E-state index in [9.17, 15) is 0 Å². The van der Waals surface area contributed by atoms with Crippen LogP contribution in [0, 0.1) is 6.92 Å². The van der Waals surface area contributed by atoms with Crippen molar-refractivity contribution in [3.05, 3.63) is 41.5 Å². The summed E-state index contributed by atoms with van der Waals surface area (Å²) < 4.78 is 5.61. The molecule has 2 rings (SSSR count). The molecule has 0 aromatic heterocycles. The summed E-state index contributed by atoms with van der Waals surface area (Å²) in [7, 11) is 0. The summed E-state index contributed by atoms with van der Waals surface area (Å²) >= 11 is 1.90. The van der Waals surface area contributed by atoms with Crippen LogP contribution in [0.5, 0.6) is 0 Å². The minimum Gasteiger partial charge on any atom is -0.367 e. The van der Waals surface area contributed by atoms with Gasteiger partial charge in [0.1, 0.15) is 0 Å². The van der Waals surface area contributed by atoms with Crippen molar-refractivity contribution in [1.29, 1.82) is 0 Å². The molecule has 1 unspecified atom stereocenters. The second-order valence-corrected chi connectivity index (χ2v) is 7.02. The van der Waals surface area contributed by atoms with Crippen LogP contribution in [0.15, 0.2) is 40.8 Å². The van der Waals surface area contributed by atoms with Gasteiger partial charge in [-0.05, 0) is 52.7 Å². The highest BCUT2D eigenvalue weighted by molar-refractivity contribution is 7.99. The number of thioether (sulfide) groups is 1. The molecule has 0 amide bonds. The molecule has 0 saturated carbocycles. The summed E-state index contributed by atoms with van der Waals surface area (Å²) in [5.74, 6) is 1.06. The lowest BCUT2D eigenvalue weighted by Crippen LogP contribution is -2.02. The summed E-state index contributed by atoms with van der Waals surface area (Å²) in [6.45, 7) is 8.71. The van der Waals surface area contributed by atoms with Crippen molar-refractivity contribution >= 4 is 11.8 Å². The zero-order valence-electron chi connectivity index (χ0n) is 12.4. The highest BCUT2D eigenvalue weighted by Gasteiger charge is 2.46. The third-order valence-electron chi connectivity index (χ3n) is 3.64. The molecule has 1 atom stereocenters. The highest BCUT2D eigenvalue weighted by atomic mass is 32.2. The molecule has 19 heavy (non-hydrogen) atoms. The topological polar surface area (TPSA) is 12.5 Å². The molecule has 104 valence electrons. The van der Waals surface area contributed by atoms with E-state index in [-0.39, 0.29) is 5.60 Å². The van der Waals surface area contributed by atoms with Crippen molar-refractivity contribution < 1.29 is 4.74 Å². The van der Waals surface area contributed by atoms with Gasteiger partial charge < -0.3 is 4.74 Å². The molecule has 1 heterocycles. The van der Waals surface area contributed by atoms with Crippen molar-refractivity contribution in [2.24, 2.45) is 0 Å². The van der Waals surface area contributed by atoms with Crippen LogP contribution in [0.1, 0.15) is 39.2 Å². The first-order valence-corrected chi connectivity index (χ1v) is 7.99. The molecule has 1 saturated heterocycles. The maximum absolute atomic E-state index is 5.61. The molecule has 2 heteroatoms. The fourth-order valence-electron chi connectivity index (χ4n) is 2.19. The number of hydrogen-bond acceptors (Lipinski definition) is 2. The smallest absolute Gasteiger partial charge is 0.0892 e. The molecule has 0 bridgehead atoms. The minimum absolute atomic E-state index is 0.136. The van der Waals surface area contributed by atoms with Crippen molar-refractivity contribution in [1.82, 2.24) is 0 Å². The third kappa shape index (κ3) is 4.70. The van der Waals surface area contributed by atoms with Gasteiger partial charge in [0.15, 0.2) is 0 Å². The number of rotatable bonds is 6. The number of allylic oxidation sites excluding steroid dienone is 1. The van der Waals surface area contributed by atoms with Gasteiger partial charge in [0.05, 0.1) is 11.7 Å². The largest absolute Gasteiger partial charge is 0.367 e. The van der Waals surface area contributed by atoms with Gasteiger partial charge in [-0.2, -0.15) is 0 Å². The zero-order chi connectivity index (χ0) is 13.9. The predicted molar refractivity (Wildman–Crippen MR) is 83.8 cm³/mol. The Morgan fingerprint density at radius 2 is 2.16 bits per heavy atom. The van der Waals surface area contributed by atoms with Crippen LogP contribution in [0.3, 0.4) is 0 Å². The fourth-order valence-corrected chi connectivity index (χ4v) is 3.19. The Morgan fingerprint density at radius 1 is 1.42 bits per heavy atom. The molecule has 1 aliphatic heterocycles. The number of epoxide rings is 1. The molecule has 1 nitrogen and oxygen atoms in total. The normalized spacial score (nSPS) is 21.5. The quantitative estimate of drug-likeness (QED) is 0.412. The van der Waals surface area contributed by atoms with Gasteiger partial charge in [0, 0.05) is 10.6 Å². The Hall–Kier alpha value is -0.730. The lowest BCUT2D eigenvalue weighted by atomic mass is 10.0. The third-order valence-corrected chi connectivity index (χ3v) is 4.56. The van der Waals surface area contributed by atoms with Crippen LogP contribution >= 0.6 is 11.8 Å². The van der Waals surface area contributed by atoms with E-state index < -0.39 is 0 Å². The Kier molecular flexibility index (Phi) is 4.75. The predicted octanol–water partition coefficient (Wildman–Crippen LogP) is 4.99. The van der Waals surface area contributed by atoms with E-state index in [4.69, 9.17) is 4.74 Å². The van der Waals surface area contributed by atoms with Crippen LogP contribution in [0.2, 0.25) is 0 Å². The average Bonchev–Trinajstić information content (AvgIpc) is 2.95. The van der Waals surface area contributed by atoms with Crippen LogP contribution in [0.25, 0.3) is 0 Å². The number of ether oxygens (including phenoxy) is 1. The first-order valence-electron chi connectivity index (χ1n) is 7.00. The van der Waals surface area contributed by atoms with Crippen LogP contribution < -0.4 is 0 Å². The van der Waals surface area contributed by atoms with Gasteiger partial charge in [-0.15, -0.1) is 11.8 Å². The molecule has 0 aliphatic carbocycles. The molecule has 1 aliphatic rings. The highest BCUT2D eigenvalue weighted by Crippen LogP contribution is 2.38. The molecule has 0 N–H and O–H groups in total. The van der Waals surface area contributed by atoms with Gasteiger partial charge in [-0.1, -0.05) is 29.3 Å². The maximum Gasteiger partial charge on any atom is 0.0892 e. The van der Waals surface area contributed by atoms with Crippen molar-refractivity contribution in [3.63, 3.8) is 0 Å². The molecule has 1 aromatic rings. The van der Waals surface area contributed by atoms with E-state index in [1.807, 2.05) is 11.8 Å². The average molecular weight is 276 g/mol. The maximum atomic E-state index is 5.61. The summed E-state index contributed by atoms with van der Waals surface area (Å²) in [6, 6.07) is 8.69. The van der Waals surface area contributed by atoms with E-state index in [1.54, 1.807) is 0 Å². The first kappa shape index (κ1) is 14.7.